The van der Waals surface area contributed by atoms with Gasteiger partial charge in [-0.1, -0.05) is 25.5 Å². The van der Waals surface area contributed by atoms with Crippen molar-refractivity contribution in [2.45, 2.75) is 31.1 Å². The lowest BCUT2D eigenvalue weighted by molar-refractivity contribution is 0.0949. The highest BCUT2D eigenvalue weighted by Gasteiger charge is 2.09. The topological polar surface area (TPSA) is 127 Å². The van der Waals surface area contributed by atoms with Crippen molar-refractivity contribution in [1.29, 1.82) is 0 Å². The summed E-state index contributed by atoms with van der Waals surface area (Å²) < 4.78 is 22.4. The minimum Gasteiger partial charge on any atom is -0.369 e. The third kappa shape index (κ3) is 6.08. The van der Waals surface area contributed by atoms with Crippen LogP contribution >= 0.6 is 0 Å². The number of benzene rings is 1. The summed E-state index contributed by atoms with van der Waals surface area (Å²) in [4.78, 5) is 20.4. The number of carbonyl (C=O) groups excluding carboxylic acids is 1. The van der Waals surface area contributed by atoms with Crippen molar-refractivity contribution in [3.8, 4) is 0 Å². The Morgan fingerprint density at radius 3 is 2.42 bits per heavy atom. The first-order chi connectivity index (χ1) is 12.4. The van der Waals surface area contributed by atoms with E-state index in [1.807, 2.05) is 0 Å². The van der Waals surface area contributed by atoms with Crippen molar-refractivity contribution in [3.05, 3.63) is 47.9 Å². The number of nitrogens with zero attached hydrogens (tertiary/aromatic N) is 2. The number of nitrogens with one attached hydrogen (secondary N) is 2. The lowest BCUT2D eigenvalue weighted by Crippen LogP contribution is -2.26. The molecule has 0 unspecified atom stereocenters. The molecule has 1 amide bonds. The van der Waals surface area contributed by atoms with Crippen LogP contribution in [-0.4, -0.2) is 37.4 Å². The summed E-state index contributed by atoms with van der Waals surface area (Å²) >= 11 is 0. The molecule has 26 heavy (non-hydrogen) atoms. The largest absolute Gasteiger partial charge is 0.369 e. The molecule has 2 rings (SSSR count). The first-order valence-electron chi connectivity index (χ1n) is 8.36. The van der Waals surface area contributed by atoms with E-state index in [1.165, 1.54) is 24.5 Å². The lowest BCUT2D eigenvalue weighted by atomic mass is 10.1. The molecule has 8 nitrogen and oxygen atoms in total. The van der Waals surface area contributed by atoms with Gasteiger partial charge in [0.25, 0.3) is 5.91 Å². The molecule has 0 aliphatic carbocycles. The zero-order chi connectivity index (χ0) is 19.0. The molecule has 1 heterocycles. The van der Waals surface area contributed by atoms with E-state index < -0.39 is 10.0 Å². The van der Waals surface area contributed by atoms with Crippen molar-refractivity contribution in [3.63, 3.8) is 0 Å². The highest BCUT2D eigenvalue weighted by Crippen LogP contribution is 2.09. The molecule has 0 fully saturated rings. The maximum atomic E-state index is 12.1. The SMILES string of the molecule is CCCCNc1cnc(C(=O)NCCc2ccc(S(N)(=O)=O)cc2)cn1. The molecule has 1 aromatic carbocycles. The number of rotatable bonds is 9. The molecule has 0 aliphatic rings. The van der Waals surface area contributed by atoms with Gasteiger partial charge in [-0.2, -0.15) is 0 Å². The number of primary sulfonamides is 1. The molecule has 0 bridgehead atoms. The highest BCUT2D eigenvalue weighted by atomic mass is 32.2. The van der Waals surface area contributed by atoms with E-state index in [9.17, 15) is 13.2 Å². The minimum atomic E-state index is -3.69. The highest BCUT2D eigenvalue weighted by molar-refractivity contribution is 7.89. The van der Waals surface area contributed by atoms with Gasteiger partial charge in [0.2, 0.25) is 10.0 Å². The Morgan fingerprint density at radius 1 is 1.12 bits per heavy atom. The van der Waals surface area contributed by atoms with Crippen molar-refractivity contribution in [2.24, 2.45) is 5.14 Å². The van der Waals surface area contributed by atoms with Crippen LogP contribution in [-0.2, 0) is 16.4 Å². The molecule has 4 N–H and O–H groups in total. The zero-order valence-corrected chi connectivity index (χ0v) is 15.4. The smallest absolute Gasteiger partial charge is 0.271 e. The van der Waals surface area contributed by atoms with Gasteiger partial charge in [0.05, 0.1) is 17.3 Å². The van der Waals surface area contributed by atoms with E-state index in [-0.39, 0.29) is 16.5 Å². The van der Waals surface area contributed by atoms with Crippen molar-refractivity contribution in [1.82, 2.24) is 15.3 Å². The number of unbranched alkanes of at least 4 members (excludes halogenated alkanes) is 1. The van der Waals surface area contributed by atoms with Crippen LogP contribution < -0.4 is 15.8 Å². The Kier molecular flexibility index (Phi) is 7.05. The number of hydrogen-bond acceptors (Lipinski definition) is 6. The Hall–Kier alpha value is -2.52. The van der Waals surface area contributed by atoms with Crippen LogP contribution in [0.25, 0.3) is 0 Å². The number of aromatic nitrogens is 2. The minimum absolute atomic E-state index is 0.0631. The van der Waals surface area contributed by atoms with Crippen LogP contribution in [0.3, 0.4) is 0 Å². The van der Waals surface area contributed by atoms with Gasteiger partial charge in [-0.25, -0.2) is 23.5 Å². The lowest BCUT2D eigenvalue weighted by Gasteiger charge is -2.07. The number of anilines is 1. The van der Waals surface area contributed by atoms with Gasteiger partial charge in [0, 0.05) is 13.1 Å². The average molecular weight is 377 g/mol. The average Bonchev–Trinajstić information content (AvgIpc) is 2.62. The van der Waals surface area contributed by atoms with Crippen molar-refractivity contribution >= 4 is 21.7 Å². The Bertz CT molecular complexity index is 820. The van der Waals surface area contributed by atoms with Gasteiger partial charge in [-0.15, -0.1) is 0 Å². The number of hydrogen-bond donors (Lipinski definition) is 3. The van der Waals surface area contributed by atoms with Gasteiger partial charge in [-0.3, -0.25) is 4.79 Å². The number of sulfonamides is 1. The van der Waals surface area contributed by atoms with Gasteiger partial charge >= 0.3 is 0 Å². The quantitative estimate of drug-likeness (QED) is 0.565. The zero-order valence-electron chi connectivity index (χ0n) is 14.6. The van der Waals surface area contributed by atoms with Gasteiger partial charge in [0.15, 0.2) is 0 Å². The van der Waals surface area contributed by atoms with E-state index in [0.29, 0.717) is 18.8 Å². The van der Waals surface area contributed by atoms with Crippen LogP contribution in [0.15, 0.2) is 41.6 Å². The predicted octanol–water partition coefficient (Wildman–Crippen LogP) is 1.31. The van der Waals surface area contributed by atoms with Crippen LogP contribution in [0.4, 0.5) is 5.82 Å². The van der Waals surface area contributed by atoms with Gasteiger partial charge < -0.3 is 10.6 Å². The molecule has 0 saturated heterocycles. The van der Waals surface area contributed by atoms with Crippen LogP contribution in [0.2, 0.25) is 0 Å². The second-order valence-corrected chi connectivity index (χ2v) is 7.32. The molecule has 0 saturated carbocycles. The fourth-order valence-corrected chi connectivity index (χ4v) is 2.70. The Morgan fingerprint density at radius 2 is 1.85 bits per heavy atom. The summed E-state index contributed by atoms with van der Waals surface area (Å²) in [6, 6.07) is 6.23. The molecule has 0 atom stereocenters. The molecule has 0 aliphatic heterocycles. The molecule has 9 heteroatoms. The normalized spacial score (nSPS) is 11.2. The maximum absolute atomic E-state index is 12.1. The monoisotopic (exact) mass is 377 g/mol. The third-order valence-corrected chi connectivity index (χ3v) is 4.60. The maximum Gasteiger partial charge on any atom is 0.271 e. The number of nitrogens with two attached hydrogens (primary N) is 1. The molecular formula is C17H23N5O3S. The molecule has 0 radical (unpaired) electrons. The Balaban J connectivity index is 1.81. The van der Waals surface area contributed by atoms with Crippen LogP contribution in [0.5, 0.6) is 0 Å². The first kappa shape index (κ1) is 19.8. The molecular weight excluding hydrogens is 354 g/mol. The molecule has 0 spiro atoms. The second-order valence-electron chi connectivity index (χ2n) is 5.76. The molecule has 1 aromatic heterocycles. The number of amides is 1. The summed E-state index contributed by atoms with van der Waals surface area (Å²) in [6.45, 7) is 3.32. The second kappa shape index (κ2) is 9.25. The fourth-order valence-electron chi connectivity index (χ4n) is 2.19. The summed E-state index contributed by atoms with van der Waals surface area (Å²) in [5.74, 6) is 0.337. The summed E-state index contributed by atoms with van der Waals surface area (Å²) in [5.41, 5.74) is 1.13. The third-order valence-electron chi connectivity index (χ3n) is 3.67. The summed E-state index contributed by atoms with van der Waals surface area (Å²) in [5, 5.41) is 10.9. The standard InChI is InChI=1S/C17H23N5O3S/c1-2-3-9-19-16-12-21-15(11-22-16)17(23)20-10-8-13-4-6-14(7-5-13)26(18,24)25/h4-7,11-12H,2-3,8-10H2,1H3,(H,19,22)(H,20,23)(H2,18,24,25). The van der Waals surface area contributed by atoms with E-state index >= 15 is 0 Å². The summed E-state index contributed by atoms with van der Waals surface area (Å²) in [7, 11) is -3.69. The van der Waals surface area contributed by atoms with Crippen LogP contribution in [0, 0.1) is 0 Å². The fraction of sp³-hybridized carbons (Fsp3) is 0.353. The van der Waals surface area contributed by atoms with E-state index in [4.69, 9.17) is 5.14 Å². The number of carbonyl (C=O) groups is 1. The molecule has 140 valence electrons. The van der Waals surface area contributed by atoms with Crippen molar-refractivity contribution in [2.75, 3.05) is 18.4 Å². The van der Waals surface area contributed by atoms with Crippen molar-refractivity contribution < 1.29 is 13.2 Å². The van der Waals surface area contributed by atoms with Gasteiger partial charge in [-0.05, 0) is 30.5 Å². The predicted molar refractivity (Wildman–Crippen MR) is 99.3 cm³/mol. The van der Waals surface area contributed by atoms with E-state index in [2.05, 4.69) is 27.5 Å². The van der Waals surface area contributed by atoms with E-state index in [0.717, 1.165) is 24.9 Å². The van der Waals surface area contributed by atoms with E-state index in [1.54, 1.807) is 12.1 Å². The molecule has 2 aromatic rings. The van der Waals surface area contributed by atoms with Crippen LogP contribution in [0.1, 0.15) is 35.8 Å². The summed E-state index contributed by atoms with van der Waals surface area (Å²) in [6.07, 6.45) is 5.66. The van der Waals surface area contributed by atoms with Gasteiger partial charge in [0.1, 0.15) is 11.5 Å². The first-order valence-corrected chi connectivity index (χ1v) is 9.90. The Labute approximate surface area is 153 Å².